The van der Waals surface area contributed by atoms with Crippen molar-refractivity contribution in [1.29, 1.82) is 5.26 Å². The van der Waals surface area contributed by atoms with E-state index in [-0.39, 0.29) is 28.6 Å². The number of amides is 1. The Labute approximate surface area is 166 Å². The molecule has 8 heteroatoms. The van der Waals surface area contributed by atoms with Crippen LogP contribution in [0.25, 0.3) is 11.3 Å². The minimum Gasteiger partial charge on any atom is -0.490 e. The van der Waals surface area contributed by atoms with Gasteiger partial charge in [0.1, 0.15) is 5.75 Å². The predicted octanol–water partition coefficient (Wildman–Crippen LogP) is 3.95. The van der Waals surface area contributed by atoms with Gasteiger partial charge in [0.25, 0.3) is 5.91 Å². The molecule has 0 saturated heterocycles. The first kappa shape index (κ1) is 19.6. The molecule has 29 heavy (non-hydrogen) atoms. The molecular weight excluding hydrogens is 374 g/mol. The highest BCUT2D eigenvalue weighted by Crippen LogP contribution is 2.31. The summed E-state index contributed by atoms with van der Waals surface area (Å²) in [6, 6.07) is 14.5. The van der Waals surface area contributed by atoms with Crippen LogP contribution in [0, 0.1) is 11.3 Å². The minimum absolute atomic E-state index is 0.0277. The van der Waals surface area contributed by atoms with Gasteiger partial charge in [0, 0.05) is 6.07 Å². The molecule has 3 rings (SSSR count). The fourth-order valence-corrected chi connectivity index (χ4v) is 2.62. The topological polar surface area (TPSA) is 125 Å². The highest BCUT2D eigenvalue weighted by atomic mass is 16.5. The molecule has 0 aliphatic rings. The third-order valence-electron chi connectivity index (χ3n) is 3.89. The number of carbonyl (C=O) groups is 2. The second kappa shape index (κ2) is 8.27. The van der Waals surface area contributed by atoms with Gasteiger partial charge in [-0.05, 0) is 44.2 Å². The molecule has 3 aromatic rings. The van der Waals surface area contributed by atoms with Crippen molar-refractivity contribution in [2.75, 3.05) is 5.32 Å². The Bertz CT molecular complexity index is 1110. The van der Waals surface area contributed by atoms with Gasteiger partial charge in [0.2, 0.25) is 0 Å². The molecule has 0 atom stereocenters. The highest BCUT2D eigenvalue weighted by Gasteiger charge is 2.19. The lowest BCUT2D eigenvalue weighted by Gasteiger charge is -2.12. The summed E-state index contributed by atoms with van der Waals surface area (Å²) < 4.78 is 11.0. The van der Waals surface area contributed by atoms with Gasteiger partial charge < -0.3 is 19.7 Å². The second-order valence-corrected chi connectivity index (χ2v) is 6.37. The van der Waals surface area contributed by atoms with Crippen molar-refractivity contribution in [3.05, 3.63) is 65.4 Å². The number of rotatable bonds is 6. The maximum atomic E-state index is 12.5. The molecular formula is C21H17N3O5. The van der Waals surface area contributed by atoms with E-state index >= 15 is 0 Å². The molecule has 1 aromatic heterocycles. The van der Waals surface area contributed by atoms with E-state index in [0.717, 1.165) is 0 Å². The van der Waals surface area contributed by atoms with Crippen LogP contribution in [0.4, 0.5) is 5.69 Å². The fourth-order valence-electron chi connectivity index (χ4n) is 2.62. The Morgan fingerprint density at radius 3 is 2.66 bits per heavy atom. The van der Waals surface area contributed by atoms with E-state index in [1.54, 1.807) is 18.2 Å². The van der Waals surface area contributed by atoms with Crippen LogP contribution in [0.3, 0.4) is 0 Å². The van der Waals surface area contributed by atoms with Gasteiger partial charge in [-0.15, -0.1) is 0 Å². The average molecular weight is 391 g/mol. The molecule has 146 valence electrons. The van der Waals surface area contributed by atoms with Crippen LogP contribution in [-0.2, 0) is 0 Å². The normalized spacial score (nSPS) is 10.4. The SMILES string of the molecule is CC(C)Oc1ccccc1-c1cc(C(=O)Nc2ccc(C#N)cc2C(=O)O)no1. The standard InChI is InChI=1S/C21H17N3O5/c1-12(2)28-18-6-4-3-5-14(18)19-10-17(24-29-19)20(25)23-16-8-7-13(11-22)9-15(16)21(26)27/h3-10,12H,1-2H3,(H,23,25)(H,26,27). The zero-order valence-corrected chi connectivity index (χ0v) is 15.7. The van der Waals surface area contributed by atoms with E-state index in [2.05, 4.69) is 10.5 Å². The number of nitriles is 1. The maximum absolute atomic E-state index is 12.5. The Kier molecular flexibility index (Phi) is 5.60. The molecule has 1 heterocycles. The number of ether oxygens (including phenoxy) is 1. The van der Waals surface area contributed by atoms with E-state index in [0.29, 0.717) is 17.1 Å². The Hall–Kier alpha value is -4.12. The summed E-state index contributed by atoms with van der Waals surface area (Å²) in [5.41, 5.74) is 0.634. The zero-order valence-electron chi connectivity index (χ0n) is 15.7. The van der Waals surface area contributed by atoms with E-state index in [1.807, 2.05) is 26.0 Å². The van der Waals surface area contributed by atoms with Gasteiger partial charge in [-0.25, -0.2) is 4.79 Å². The number of hydrogen-bond acceptors (Lipinski definition) is 6. The summed E-state index contributed by atoms with van der Waals surface area (Å²) >= 11 is 0. The molecule has 2 aromatic carbocycles. The molecule has 8 nitrogen and oxygen atoms in total. The quantitative estimate of drug-likeness (QED) is 0.651. The summed E-state index contributed by atoms with van der Waals surface area (Å²) in [6.07, 6.45) is -0.0485. The van der Waals surface area contributed by atoms with Crippen LogP contribution in [0.15, 0.2) is 53.1 Å². The van der Waals surface area contributed by atoms with Crippen LogP contribution < -0.4 is 10.1 Å². The van der Waals surface area contributed by atoms with Crippen molar-refractivity contribution >= 4 is 17.6 Å². The van der Waals surface area contributed by atoms with E-state index in [4.69, 9.17) is 14.5 Å². The number of aromatic carboxylic acids is 1. The van der Waals surface area contributed by atoms with Gasteiger partial charge >= 0.3 is 5.97 Å². The molecule has 0 saturated carbocycles. The number of hydrogen-bond donors (Lipinski definition) is 2. The Morgan fingerprint density at radius 1 is 1.21 bits per heavy atom. The van der Waals surface area contributed by atoms with Gasteiger partial charge in [-0.3, -0.25) is 4.79 Å². The lowest BCUT2D eigenvalue weighted by molar-refractivity contribution is 0.0698. The third kappa shape index (κ3) is 4.42. The van der Waals surface area contributed by atoms with Crippen LogP contribution in [0.2, 0.25) is 0 Å². The number of para-hydroxylation sites is 1. The molecule has 0 aliphatic heterocycles. The van der Waals surface area contributed by atoms with Crippen molar-refractivity contribution in [2.45, 2.75) is 20.0 Å². The van der Waals surface area contributed by atoms with Crippen molar-refractivity contribution in [3.8, 4) is 23.1 Å². The van der Waals surface area contributed by atoms with Gasteiger partial charge in [0.15, 0.2) is 11.5 Å². The molecule has 0 unspecified atom stereocenters. The van der Waals surface area contributed by atoms with Crippen molar-refractivity contribution in [2.24, 2.45) is 0 Å². The fraction of sp³-hybridized carbons (Fsp3) is 0.143. The predicted molar refractivity (Wildman–Crippen MR) is 104 cm³/mol. The van der Waals surface area contributed by atoms with Crippen LogP contribution in [0.5, 0.6) is 5.75 Å². The molecule has 0 fully saturated rings. The summed E-state index contributed by atoms with van der Waals surface area (Å²) in [5, 5.41) is 24.5. The molecule has 0 bridgehead atoms. The molecule has 1 amide bonds. The first-order chi connectivity index (χ1) is 13.9. The van der Waals surface area contributed by atoms with E-state index in [9.17, 15) is 14.7 Å². The number of carboxylic acids is 1. The van der Waals surface area contributed by atoms with Crippen molar-refractivity contribution in [1.82, 2.24) is 5.16 Å². The van der Waals surface area contributed by atoms with E-state index in [1.165, 1.54) is 24.3 Å². The maximum Gasteiger partial charge on any atom is 0.337 e. The molecule has 0 spiro atoms. The van der Waals surface area contributed by atoms with Crippen molar-refractivity contribution < 1.29 is 24.0 Å². The molecule has 0 aliphatic carbocycles. The largest absolute Gasteiger partial charge is 0.490 e. The van der Waals surface area contributed by atoms with E-state index < -0.39 is 11.9 Å². The summed E-state index contributed by atoms with van der Waals surface area (Å²) in [4.78, 5) is 23.9. The summed E-state index contributed by atoms with van der Waals surface area (Å²) in [5.74, 6) is -0.983. The molecule has 0 radical (unpaired) electrons. The monoisotopic (exact) mass is 391 g/mol. The van der Waals surface area contributed by atoms with Crippen LogP contribution in [0.1, 0.15) is 40.3 Å². The number of anilines is 1. The number of aromatic nitrogens is 1. The number of nitrogens with one attached hydrogen (secondary N) is 1. The zero-order chi connectivity index (χ0) is 21.0. The van der Waals surface area contributed by atoms with Gasteiger partial charge in [0.05, 0.1) is 34.6 Å². The second-order valence-electron chi connectivity index (χ2n) is 6.37. The smallest absolute Gasteiger partial charge is 0.337 e. The summed E-state index contributed by atoms with van der Waals surface area (Å²) in [7, 11) is 0. The highest BCUT2D eigenvalue weighted by molar-refractivity contribution is 6.07. The molecule has 2 N–H and O–H groups in total. The first-order valence-electron chi connectivity index (χ1n) is 8.70. The van der Waals surface area contributed by atoms with Crippen LogP contribution in [-0.4, -0.2) is 28.2 Å². The Morgan fingerprint density at radius 2 is 1.97 bits per heavy atom. The number of benzene rings is 2. The Balaban J connectivity index is 1.86. The minimum atomic E-state index is -1.27. The van der Waals surface area contributed by atoms with Gasteiger partial charge in [-0.2, -0.15) is 5.26 Å². The number of carboxylic acid groups (broad SMARTS) is 1. The van der Waals surface area contributed by atoms with Crippen molar-refractivity contribution in [3.63, 3.8) is 0 Å². The third-order valence-corrected chi connectivity index (χ3v) is 3.89. The lowest BCUT2D eigenvalue weighted by atomic mass is 10.1. The first-order valence-corrected chi connectivity index (χ1v) is 8.70. The van der Waals surface area contributed by atoms with Gasteiger partial charge in [-0.1, -0.05) is 17.3 Å². The lowest BCUT2D eigenvalue weighted by Crippen LogP contribution is -2.15. The number of nitrogens with zero attached hydrogens (tertiary/aromatic N) is 2. The summed E-state index contributed by atoms with van der Waals surface area (Å²) in [6.45, 7) is 3.79. The average Bonchev–Trinajstić information content (AvgIpc) is 3.18. The number of carbonyl (C=O) groups excluding carboxylic acids is 1. The van der Waals surface area contributed by atoms with Crippen LogP contribution >= 0.6 is 0 Å².